The van der Waals surface area contributed by atoms with Crippen molar-refractivity contribution < 1.29 is 9.50 Å². The van der Waals surface area contributed by atoms with Gasteiger partial charge in [-0.1, -0.05) is 24.3 Å². The summed E-state index contributed by atoms with van der Waals surface area (Å²) in [6, 6.07) is 13.7. The van der Waals surface area contributed by atoms with Gasteiger partial charge in [-0.05, 0) is 43.2 Å². The zero-order valence-electron chi connectivity index (χ0n) is 12.3. The number of aromatic amines is 1. The van der Waals surface area contributed by atoms with Gasteiger partial charge in [0.15, 0.2) is 0 Å². The number of para-hydroxylation sites is 2. The Morgan fingerprint density at radius 3 is 2.64 bits per heavy atom. The van der Waals surface area contributed by atoms with E-state index in [2.05, 4.69) is 15.3 Å². The van der Waals surface area contributed by atoms with Gasteiger partial charge in [-0.3, -0.25) is 0 Å². The van der Waals surface area contributed by atoms with Crippen LogP contribution in [-0.2, 0) is 0 Å². The number of benzene rings is 2. The fraction of sp³-hybridized carbons (Fsp3) is 0.235. The minimum absolute atomic E-state index is 0.0145. The number of halogens is 1. The Bertz CT molecular complexity index is 721. The lowest BCUT2D eigenvalue weighted by atomic mass is 10.0. The lowest BCUT2D eigenvalue weighted by molar-refractivity contribution is 0.162. The summed E-state index contributed by atoms with van der Waals surface area (Å²) < 4.78 is 12.9. The lowest BCUT2D eigenvalue weighted by Crippen LogP contribution is -2.19. The summed E-state index contributed by atoms with van der Waals surface area (Å²) in [5, 5.41) is 13.4. The smallest absolute Gasteiger partial charge is 0.201 e. The molecule has 2 atom stereocenters. The van der Waals surface area contributed by atoms with Crippen LogP contribution < -0.4 is 5.32 Å². The van der Waals surface area contributed by atoms with E-state index in [0.717, 1.165) is 11.0 Å². The van der Waals surface area contributed by atoms with E-state index < -0.39 is 6.10 Å². The van der Waals surface area contributed by atoms with Crippen molar-refractivity contribution >= 4 is 17.0 Å². The van der Waals surface area contributed by atoms with Gasteiger partial charge >= 0.3 is 0 Å². The van der Waals surface area contributed by atoms with Gasteiger partial charge in [-0.15, -0.1) is 0 Å². The Balaban J connectivity index is 1.64. The predicted molar refractivity (Wildman–Crippen MR) is 85.2 cm³/mol. The van der Waals surface area contributed by atoms with Crippen molar-refractivity contribution in [2.75, 3.05) is 5.32 Å². The van der Waals surface area contributed by atoms with E-state index in [1.165, 1.54) is 12.1 Å². The zero-order chi connectivity index (χ0) is 15.5. The first-order valence-electron chi connectivity index (χ1n) is 7.26. The fourth-order valence-corrected chi connectivity index (χ4v) is 2.47. The number of fused-ring (bicyclic) bond motifs is 1. The maximum Gasteiger partial charge on any atom is 0.201 e. The number of rotatable bonds is 5. The van der Waals surface area contributed by atoms with E-state index in [1.54, 1.807) is 12.1 Å². The van der Waals surface area contributed by atoms with E-state index in [9.17, 15) is 9.50 Å². The molecule has 5 heteroatoms. The molecule has 1 aromatic heterocycles. The average molecular weight is 299 g/mol. The molecule has 114 valence electrons. The highest BCUT2D eigenvalue weighted by atomic mass is 19.1. The molecule has 3 N–H and O–H groups in total. The lowest BCUT2D eigenvalue weighted by Gasteiger charge is -2.17. The Kier molecular flexibility index (Phi) is 4.06. The Labute approximate surface area is 128 Å². The predicted octanol–water partition coefficient (Wildman–Crippen LogP) is 3.63. The molecule has 4 nitrogen and oxygen atoms in total. The highest BCUT2D eigenvalue weighted by Gasteiger charge is 2.13. The van der Waals surface area contributed by atoms with E-state index in [0.29, 0.717) is 17.9 Å². The zero-order valence-corrected chi connectivity index (χ0v) is 12.3. The van der Waals surface area contributed by atoms with Crippen molar-refractivity contribution in [1.29, 1.82) is 0 Å². The largest absolute Gasteiger partial charge is 0.388 e. The monoisotopic (exact) mass is 299 g/mol. The SMILES string of the molecule is CC(CC(O)c1ccc(F)cc1)Nc1nc2ccccc2[nH]1. The third kappa shape index (κ3) is 3.26. The standard InChI is InChI=1S/C17H18FN3O/c1-11(10-16(22)12-6-8-13(18)9-7-12)19-17-20-14-4-2-3-5-15(14)21-17/h2-9,11,16,22H,10H2,1H3,(H2,19,20,21). The molecular formula is C17H18FN3O. The van der Waals surface area contributed by atoms with Crippen molar-refractivity contribution in [3.8, 4) is 0 Å². The second-order valence-electron chi connectivity index (χ2n) is 5.45. The maximum atomic E-state index is 12.9. The van der Waals surface area contributed by atoms with Crippen LogP contribution in [0, 0.1) is 5.82 Å². The third-order valence-corrected chi connectivity index (χ3v) is 3.60. The topological polar surface area (TPSA) is 60.9 Å². The first-order chi connectivity index (χ1) is 10.6. The van der Waals surface area contributed by atoms with Crippen molar-refractivity contribution in [3.05, 3.63) is 59.9 Å². The molecule has 0 radical (unpaired) electrons. The van der Waals surface area contributed by atoms with Gasteiger partial charge in [0.2, 0.25) is 5.95 Å². The molecule has 0 saturated carbocycles. The van der Waals surface area contributed by atoms with E-state index in [-0.39, 0.29) is 11.9 Å². The van der Waals surface area contributed by atoms with Crippen LogP contribution in [0.25, 0.3) is 11.0 Å². The number of anilines is 1. The summed E-state index contributed by atoms with van der Waals surface area (Å²) in [4.78, 5) is 7.64. The summed E-state index contributed by atoms with van der Waals surface area (Å²) in [6.45, 7) is 1.97. The van der Waals surface area contributed by atoms with Gasteiger partial charge in [0.25, 0.3) is 0 Å². The molecule has 0 aliphatic rings. The number of aliphatic hydroxyl groups excluding tert-OH is 1. The molecule has 0 aliphatic carbocycles. The number of hydrogen-bond donors (Lipinski definition) is 3. The summed E-state index contributed by atoms with van der Waals surface area (Å²) in [7, 11) is 0. The molecule has 2 aromatic carbocycles. The van der Waals surface area contributed by atoms with E-state index in [1.807, 2.05) is 31.2 Å². The van der Waals surface area contributed by atoms with Crippen LogP contribution in [0.3, 0.4) is 0 Å². The molecular weight excluding hydrogens is 281 g/mol. The number of nitrogens with zero attached hydrogens (tertiary/aromatic N) is 1. The summed E-state index contributed by atoms with van der Waals surface area (Å²) in [6.07, 6.45) is -0.143. The maximum absolute atomic E-state index is 12.9. The molecule has 0 aliphatic heterocycles. The third-order valence-electron chi connectivity index (χ3n) is 3.60. The number of imidazole rings is 1. The van der Waals surface area contributed by atoms with Crippen LogP contribution in [0.5, 0.6) is 0 Å². The number of nitrogens with one attached hydrogen (secondary N) is 2. The molecule has 0 bridgehead atoms. The van der Waals surface area contributed by atoms with Crippen LogP contribution >= 0.6 is 0 Å². The molecule has 3 aromatic rings. The van der Waals surface area contributed by atoms with Gasteiger partial charge in [-0.2, -0.15) is 0 Å². The highest BCUT2D eigenvalue weighted by molar-refractivity contribution is 5.77. The van der Waals surface area contributed by atoms with Crippen LogP contribution in [0.4, 0.5) is 10.3 Å². The number of hydrogen-bond acceptors (Lipinski definition) is 3. The average Bonchev–Trinajstić information content (AvgIpc) is 2.89. The van der Waals surface area contributed by atoms with Crippen LogP contribution in [-0.4, -0.2) is 21.1 Å². The second kappa shape index (κ2) is 6.15. The van der Waals surface area contributed by atoms with Gasteiger partial charge in [0.05, 0.1) is 17.1 Å². The molecule has 0 saturated heterocycles. The molecule has 0 amide bonds. The molecule has 0 fully saturated rings. The van der Waals surface area contributed by atoms with Crippen LogP contribution in [0.15, 0.2) is 48.5 Å². The minimum atomic E-state index is -0.646. The van der Waals surface area contributed by atoms with E-state index >= 15 is 0 Å². The van der Waals surface area contributed by atoms with Crippen molar-refractivity contribution in [2.24, 2.45) is 0 Å². The molecule has 3 rings (SSSR count). The van der Waals surface area contributed by atoms with Gasteiger partial charge in [0, 0.05) is 6.04 Å². The molecule has 0 spiro atoms. The van der Waals surface area contributed by atoms with Crippen molar-refractivity contribution in [3.63, 3.8) is 0 Å². The highest BCUT2D eigenvalue weighted by Crippen LogP contribution is 2.21. The molecule has 2 unspecified atom stereocenters. The van der Waals surface area contributed by atoms with Gasteiger partial charge in [-0.25, -0.2) is 9.37 Å². The Hall–Kier alpha value is -2.40. The normalized spacial score (nSPS) is 14.0. The fourth-order valence-electron chi connectivity index (χ4n) is 2.47. The van der Waals surface area contributed by atoms with Gasteiger partial charge < -0.3 is 15.4 Å². The van der Waals surface area contributed by atoms with Crippen molar-refractivity contribution in [1.82, 2.24) is 9.97 Å². The molecule has 1 heterocycles. The molecule has 22 heavy (non-hydrogen) atoms. The van der Waals surface area contributed by atoms with Crippen molar-refractivity contribution in [2.45, 2.75) is 25.5 Å². The number of aliphatic hydroxyl groups is 1. The Morgan fingerprint density at radius 1 is 1.18 bits per heavy atom. The van der Waals surface area contributed by atoms with Crippen LogP contribution in [0.1, 0.15) is 25.0 Å². The number of aromatic nitrogens is 2. The first kappa shape index (κ1) is 14.5. The van der Waals surface area contributed by atoms with Crippen LogP contribution in [0.2, 0.25) is 0 Å². The Morgan fingerprint density at radius 2 is 1.91 bits per heavy atom. The second-order valence-corrected chi connectivity index (χ2v) is 5.45. The summed E-state index contributed by atoms with van der Waals surface area (Å²) >= 11 is 0. The first-order valence-corrected chi connectivity index (χ1v) is 7.26. The summed E-state index contributed by atoms with van der Waals surface area (Å²) in [5.41, 5.74) is 2.58. The quantitative estimate of drug-likeness (QED) is 0.674. The van der Waals surface area contributed by atoms with Gasteiger partial charge in [0.1, 0.15) is 5.82 Å². The van der Waals surface area contributed by atoms with E-state index in [4.69, 9.17) is 0 Å². The number of H-pyrrole nitrogens is 1. The minimum Gasteiger partial charge on any atom is -0.388 e. The summed E-state index contributed by atoms with van der Waals surface area (Å²) in [5.74, 6) is 0.379.